The van der Waals surface area contributed by atoms with Crippen molar-refractivity contribution in [1.82, 2.24) is 15.5 Å². The maximum atomic E-state index is 12.4. The Balaban J connectivity index is 1.54. The highest BCUT2D eigenvalue weighted by molar-refractivity contribution is 7.13. The van der Waals surface area contributed by atoms with Gasteiger partial charge < -0.3 is 15.1 Å². The SMILES string of the molecule is CC(C)Cc1nnc(C(=O)Nc2ccc(C(=O)NC(C)Cc3ccco3)cc2)s1. The van der Waals surface area contributed by atoms with Crippen LogP contribution in [0.5, 0.6) is 0 Å². The van der Waals surface area contributed by atoms with Gasteiger partial charge in [0.05, 0.1) is 6.26 Å². The van der Waals surface area contributed by atoms with Crippen molar-refractivity contribution in [3.8, 4) is 0 Å². The number of carbonyl (C=O) groups excluding carboxylic acids is 2. The summed E-state index contributed by atoms with van der Waals surface area (Å²) in [5.41, 5.74) is 1.11. The summed E-state index contributed by atoms with van der Waals surface area (Å²) in [7, 11) is 0. The minimum absolute atomic E-state index is 0.0644. The van der Waals surface area contributed by atoms with Gasteiger partial charge in [0.1, 0.15) is 10.8 Å². The molecule has 1 aromatic carbocycles. The summed E-state index contributed by atoms with van der Waals surface area (Å²) in [6.45, 7) is 6.11. The van der Waals surface area contributed by atoms with Gasteiger partial charge in [0.15, 0.2) is 0 Å². The van der Waals surface area contributed by atoms with E-state index in [0.717, 1.165) is 17.2 Å². The summed E-state index contributed by atoms with van der Waals surface area (Å²) >= 11 is 1.30. The second-order valence-corrected chi connectivity index (χ2v) is 8.35. The lowest BCUT2D eigenvalue weighted by Crippen LogP contribution is -2.33. The molecule has 0 radical (unpaired) electrons. The number of nitrogens with one attached hydrogen (secondary N) is 2. The van der Waals surface area contributed by atoms with Crippen LogP contribution in [-0.4, -0.2) is 28.1 Å². The molecule has 0 spiro atoms. The Morgan fingerprint density at radius 1 is 1.03 bits per heavy atom. The molecular weight excluding hydrogens is 388 g/mol. The number of hydrogen-bond donors (Lipinski definition) is 2. The Morgan fingerprint density at radius 2 is 1.79 bits per heavy atom. The number of amides is 2. The maximum absolute atomic E-state index is 12.4. The van der Waals surface area contributed by atoms with Crippen molar-refractivity contribution >= 4 is 28.8 Å². The number of hydrogen-bond acceptors (Lipinski definition) is 6. The number of rotatable bonds is 8. The van der Waals surface area contributed by atoms with Crippen LogP contribution in [0.25, 0.3) is 0 Å². The Kier molecular flexibility index (Phi) is 6.77. The smallest absolute Gasteiger partial charge is 0.286 e. The number of carbonyl (C=O) groups is 2. The molecule has 0 fully saturated rings. The second kappa shape index (κ2) is 9.47. The fourth-order valence-corrected chi connectivity index (χ4v) is 3.70. The molecule has 8 heteroatoms. The lowest BCUT2D eigenvalue weighted by molar-refractivity contribution is 0.0938. The van der Waals surface area contributed by atoms with Crippen LogP contribution < -0.4 is 10.6 Å². The van der Waals surface area contributed by atoms with Gasteiger partial charge in [-0.05, 0) is 49.2 Å². The van der Waals surface area contributed by atoms with Crippen molar-refractivity contribution in [2.75, 3.05) is 5.32 Å². The zero-order valence-electron chi connectivity index (χ0n) is 16.6. The molecule has 2 aromatic heterocycles. The van der Waals surface area contributed by atoms with Crippen molar-refractivity contribution in [3.05, 3.63) is 64.0 Å². The van der Waals surface area contributed by atoms with E-state index >= 15 is 0 Å². The highest BCUT2D eigenvalue weighted by atomic mass is 32.1. The number of nitrogens with zero attached hydrogens (tertiary/aromatic N) is 2. The average molecular weight is 413 g/mol. The molecule has 2 amide bonds. The number of anilines is 1. The van der Waals surface area contributed by atoms with E-state index < -0.39 is 0 Å². The van der Waals surface area contributed by atoms with Gasteiger partial charge in [0.25, 0.3) is 11.8 Å². The van der Waals surface area contributed by atoms with Gasteiger partial charge in [-0.3, -0.25) is 9.59 Å². The lowest BCUT2D eigenvalue weighted by atomic mass is 10.1. The summed E-state index contributed by atoms with van der Waals surface area (Å²) in [5, 5.41) is 14.9. The third kappa shape index (κ3) is 5.99. The van der Waals surface area contributed by atoms with Crippen LogP contribution in [0.15, 0.2) is 47.1 Å². The summed E-state index contributed by atoms with van der Waals surface area (Å²) in [4.78, 5) is 24.7. The fraction of sp³-hybridized carbons (Fsp3) is 0.333. The first-order chi connectivity index (χ1) is 13.9. The van der Waals surface area contributed by atoms with Gasteiger partial charge in [0, 0.05) is 30.1 Å². The van der Waals surface area contributed by atoms with E-state index in [1.54, 1.807) is 30.5 Å². The molecule has 3 rings (SSSR count). The third-order valence-corrected chi connectivity index (χ3v) is 5.06. The van der Waals surface area contributed by atoms with E-state index in [4.69, 9.17) is 4.42 Å². The molecule has 0 saturated carbocycles. The molecule has 0 aliphatic heterocycles. The van der Waals surface area contributed by atoms with Gasteiger partial charge in [-0.15, -0.1) is 10.2 Å². The van der Waals surface area contributed by atoms with E-state index in [2.05, 4.69) is 34.7 Å². The molecule has 2 N–H and O–H groups in total. The molecular formula is C21H24N4O3S. The van der Waals surface area contributed by atoms with Crippen molar-refractivity contribution in [3.63, 3.8) is 0 Å². The standard InChI is InChI=1S/C21H24N4O3S/c1-13(2)11-18-24-25-21(29-18)20(27)23-16-8-6-15(7-9-16)19(26)22-14(3)12-17-5-4-10-28-17/h4-10,13-14H,11-12H2,1-3H3,(H,22,26)(H,23,27). The Hall–Kier alpha value is -3.00. The van der Waals surface area contributed by atoms with Crippen molar-refractivity contribution in [1.29, 1.82) is 0 Å². The summed E-state index contributed by atoms with van der Waals surface area (Å²) < 4.78 is 5.30. The molecule has 152 valence electrons. The van der Waals surface area contributed by atoms with Crippen LogP contribution >= 0.6 is 11.3 Å². The number of benzene rings is 1. The highest BCUT2D eigenvalue weighted by Gasteiger charge is 2.15. The molecule has 0 saturated heterocycles. The van der Waals surface area contributed by atoms with Crippen LogP contribution in [-0.2, 0) is 12.8 Å². The molecule has 2 heterocycles. The van der Waals surface area contributed by atoms with E-state index in [9.17, 15) is 9.59 Å². The Bertz CT molecular complexity index is 949. The second-order valence-electron chi connectivity index (χ2n) is 7.29. The summed E-state index contributed by atoms with van der Waals surface area (Å²) in [6, 6.07) is 10.4. The summed E-state index contributed by atoms with van der Waals surface area (Å²) in [5.74, 6) is 0.801. The maximum Gasteiger partial charge on any atom is 0.286 e. The molecule has 3 aromatic rings. The fourth-order valence-electron chi connectivity index (χ4n) is 2.76. The molecule has 29 heavy (non-hydrogen) atoms. The van der Waals surface area contributed by atoms with Gasteiger partial charge in [-0.25, -0.2) is 0 Å². The van der Waals surface area contributed by atoms with Crippen LogP contribution in [0.3, 0.4) is 0 Å². The van der Waals surface area contributed by atoms with Gasteiger partial charge in [-0.2, -0.15) is 0 Å². The molecule has 0 aliphatic rings. The van der Waals surface area contributed by atoms with Crippen LogP contribution in [0.2, 0.25) is 0 Å². The Morgan fingerprint density at radius 3 is 2.45 bits per heavy atom. The number of aromatic nitrogens is 2. The predicted octanol–water partition coefficient (Wildman–Crippen LogP) is 3.94. The normalized spacial score (nSPS) is 12.0. The highest BCUT2D eigenvalue weighted by Crippen LogP contribution is 2.17. The van der Waals surface area contributed by atoms with Gasteiger partial charge in [-0.1, -0.05) is 25.2 Å². The predicted molar refractivity (Wildman–Crippen MR) is 112 cm³/mol. The zero-order chi connectivity index (χ0) is 20.8. The van der Waals surface area contributed by atoms with E-state index in [1.165, 1.54) is 11.3 Å². The van der Waals surface area contributed by atoms with E-state index in [0.29, 0.717) is 28.6 Å². The number of furan rings is 1. The molecule has 1 atom stereocenters. The minimum atomic E-state index is -0.304. The van der Waals surface area contributed by atoms with Crippen molar-refractivity contribution in [2.45, 2.75) is 39.7 Å². The zero-order valence-corrected chi connectivity index (χ0v) is 17.5. The quantitative estimate of drug-likeness (QED) is 0.584. The average Bonchev–Trinajstić information content (AvgIpc) is 3.33. The first-order valence-electron chi connectivity index (χ1n) is 9.47. The third-order valence-electron chi connectivity index (χ3n) is 4.11. The molecule has 0 aliphatic carbocycles. The summed E-state index contributed by atoms with van der Waals surface area (Å²) in [6.07, 6.45) is 3.03. The van der Waals surface area contributed by atoms with Gasteiger partial charge in [0.2, 0.25) is 5.01 Å². The lowest BCUT2D eigenvalue weighted by Gasteiger charge is -2.13. The monoisotopic (exact) mass is 412 g/mol. The molecule has 0 bridgehead atoms. The first kappa shape index (κ1) is 20.7. The molecule has 7 nitrogen and oxygen atoms in total. The minimum Gasteiger partial charge on any atom is -0.469 e. The van der Waals surface area contributed by atoms with Crippen LogP contribution in [0.4, 0.5) is 5.69 Å². The topological polar surface area (TPSA) is 97.1 Å². The first-order valence-corrected chi connectivity index (χ1v) is 10.3. The van der Waals surface area contributed by atoms with Crippen molar-refractivity contribution in [2.24, 2.45) is 5.92 Å². The Labute approximate surface area is 173 Å². The van der Waals surface area contributed by atoms with Crippen LogP contribution in [0, 0.1) is 5.92 Å². The van der Waals surface area contributed by atoms with Crippen molar-refractivity contribution < 1.29 is 14.0 Å². The molecule has 1 unspecified atom stereocenters. The van der Waals surface area contributed by atoms with Gasteiger partial charge >= 0.3 is 0 Å². The van der Waals surface area contributed by atoms with E-state index in [-0.39, 0.29) is 17.9 Å². The largest absolute Gasteiger partial charge is 0.469 e. The van der Waals surface area contributed by atoms with E-state index in [1.807, 2.05) is 19.1 Å². The van der Waals surface area contributed by atoms with Crippen LogP contribution in [0.1, 0.15) is 51.7 Å².